The van der Waals surface area contributed by atoms with Gasteiger partial charge in [0.05, 0.1) is 0 Å². The molecule has 0 aromatic rings. The Morgan fingerprint density at radius 2 is 1.71 bits per heavy atom. The standard InChI is InChI=1S/C10H20N2.C2H6/c1-8(2)3-4-12-6-9-5-10(7-12)11-9;1-2/h8-11H,3-7H2,1-2H3;1-2H3. The maximum Gasteiger partial charge on any atom is 0.0213 e. The first-order valence-electron chi connectivity index (χ1n) is 6.22. The molecule has 0 aliphatic carbocycles. The molecule has 3 heterocycles. The molecular formula is C12H26N2. The highest BCUT2D eigenvalue weighted by Gasteiger charge is 2.35. The second-order valence-electron chi connectivity index (χ2n) is 4.74. The van der Waals surface area contributed by atoms with Crippen molar-refractivity contribution in [3.63, 3.8) is 0 Å². The van der Waals surface area contributed by atoms with Crippen molar-refractivity contribution in [2.75, 3.05) is 19.6 Å². The van der Waals surface area contributed by atoms with Gasteiger partial charge in [0, 0.05) is 25.2 Å². The highest BCUT2D eigenvalue weighted by atomic mass is 15.3. The molecule has 3 fully saturated rings. The SMILES string of the molecule is CC.CC(C)CCN1CC2CC(C1)N2. The smallest absolute Gasteiger partial charge is 0.0213 e. The molecule has 2 atom stereocenters. The first-order chi connectivity index (χ1) is 6.74. The lowest BCUT2D eigenvalue weighted by Crippen LogP contribution is -2.66. The summed E-state index contributed by atoms with van der Waals surface area (Å²) in [4.78, 5) is 2.62. The molecule has 2 nitrogen and oxygen atoms in total. The minimum absolute atomic E-state index is 0.830. The molecule has 14 heavy (non-hydrogen) atoms. The third-order valence-electron chi connectivity index (χ3n) is 3.02. The summed E-state index contributed by atoms with van der Waals surface area (Å²) in [5.74, 6) is 0.858. The van der Waals surface area contributed by atoms with Crippen molar-refractivity contribution in [2.45, 2.75) is 52.6 Å². The number of rotatable bonds is 3. The van der Waals surface area contributed by atoms with Gasteiger partial charge in [-0.25, -0.2) is 0 Å². The lowest BCUT2D eigenvalue weighted by molar-refractivity contribution is 0.0746. The van der Waals surface area contributed by atoms with Gasteiger partial charge in [0.25, 0.3) is 0 Å². The second-order valence-corrected chi connectivity index (χ2v) is 4.74. The van der Waals surface area contributed by atoms with Crippen molar-refractivity contribution in [1.29, 1.82) is 0 Å². The fraction of sp³-hybridized carbons (Fsp3) is 1.00. The van der Waals surface area contributed by atoms with Crippen molar-refractivity contribution in [1.82, 2.24) is 10.2 Å². The van der Waals surface area contributed by atoms with Crippen molar-refractivity contribution in [3.8, 4) is 0 Å². The number of hydrogen-bond donors (Lipinski definition) is 1. The molecule has 0 radical (unpaired) electrons. The van der Waals surface area contributed by atoms with Crippen LogP contribution in [0.1, 0.15) is 40.5 Å². The highest BCUT2D eigenvalue weighted by molar-refractivity contribution is 4.97. The van der Waals surface area contributed by atoms with Gasteiger partial charge in [0.2, 0.25) is 0 Å². The number of hydrogen-bond acceptors (Lipinski definition) is 2. The molecular weight excluding hydrogens is 172 g/mol. The molecule has 0 saturated carbocycles. The van der Waals surface area contributed by atoms with E-state index in [-0.39, 0.29) is 0 Å². The van der Waals surface area contributed by atoms with Gasteiger partial charge in [-0.2, -0.15) is 0 Å². The lowest BCUT2D eigenvalue weighted by Gasteiger charge is -2.48. The Hall–Kier alpha value is -0.0800. The van der Waals surface area contributed by atoms with Crippen LogP contribution in [0.2, 0.25) is 0 Å². The molecule has 0 aromatic carbocycles. The van der Waals surface area contributed by atoms with E-state index in [0.29, 0.717) is 0 Å². The lowest BCUT2D eigenvalue weighted by atomic mass is 9.91. The largest absolute Gasteiger partial charge is 0.309 e. The van der Waals surface area contributed by atoms with Crippen LogP contribution in [0, 0.1) is 5.92 Å². The topological polar surface area (TPSA) is 15.3 Å². The normalized spacial score (nSPS) is 30.6. The van der Waals surface area contributed by atoms with Crippen LogP contribution in [0.5, 0.6) is 0 Å². The summed E-state index contributed by atoms with van der Waals surface area (Å²) in [6, 6.07) is 1.66. The van der Waals surface area contributed by atoms with Gasteiger partial charge in [0.15, 0.2) is 0 Å². The second kappa shape index (κ2) is 5.72. The molecule has 2 bridgehead atoms. The molecule has 1 N–H and O–H groups in total. The summed E-state index contributed by atoms with van der Waals surface area (Å²) in [6.07, 6.45) is 2.79. The zero-order valence-electron chi connectivity index (χ0n) is 10.2. The summed E-state index contributed by atoms with van der Waals surface area (Å²) in [5, 5.41) is 3.56. The molecule has 2 heteroatoms. The van der Waals surface area contributed by atoms with E-state index in [1.807, 2.05) is 13.8 Å². The van der Waals surface area contributed by atoms with Gasteiger partial charge < -0.3 is 10.2 Å². The zero-order valence-corrected chi connectivity index (χ0v) is 10.2. The zero-order chi connectivity index (χ0) is 10.6. The molecule has 3 aliphatic heterocycles. The third kappa shape index (κ3) is 3.25. The summed E-state index contributed by atoms with van der Waals surface area (Å²) < 4.78 is 0. The van der Waals surface area contributed by atoms with Gasteiger partial charge in [-0.3, -0.25) is 0 Å². The summed E-state index contributed by atoms with van der Waals surface area (Å²) >= 11 is 0. The number of fused-ring (bicyclic) bond motifs is 2. The van der Waals surface area contributed by atoms with Gasteiger partial charge in [-0.1, -0.05) is 27.7 Å². The minimum Gasteiger partial charge on any atom is -0.309 e. The first kappa shape index (κ1) is 12.0. The Labute approximate surface area is 89.1 Å². The molecule has 3 aliphatic rings. The van der Waals surface area contributed by atoms with E-state index in [9.17, 15) is 0 Å². The van der Waals surface area contributed by atoms with Crippen LogP contribution < -0.4 is 5.32 Å². The van der Waals surface area contributed by atoms with Crippen LogP contribution in [0.3, 0.4) is 0 Å². The molecule has 84 valence electrons. The van der Waals surface area contributed by atoms with Gasteiger partial charge in [-0.15, -0.1) is 0 Å². The van der Waals surface area contributed by atoms with Crippen LogP contribution in [-0.4, -0.2) is 36.6 Å². The van der Waals surface area contributed by atoms with E-state index in [0.717, 1.165) is 18.0 Å². The van der Waals surface area contributed by atoms with Crippen molar-refractivity contribution in [3.05, 3.63) is 0 Å². The van der Waals surface area contributed by atoms with Crippen LogP contribution in [0.25, 0.3) is 0 Å². The van der Waals surface area contributed by atoms with Crippen LogP contribution in [-0.2, 0) is 0 Å². The van der Waals surface area contributed by atoms with E-state index < -0.39 is 0 Å². The molecule has 3 saturated heterocycles. The van der Waals surface area contributed by atoms with E-state index >= 15 is 0 Å². The molecule has 0 aromatic heterocycles. The fourth-order valence-electron chi connectivity index (χ4n) is 2.23. The maximum absolute atomic E-state index is 3.56. The molecule has 3 rings (SSSR count). The summed E-state index contributed by atoms with van der Waals surface area (Å²) in [5.41, 5.74) is 0. The summed E-state index contributed by atoms with van der Waals surface area (Å²) in [6.45, 7) is 12.5. The molecule has 0 spiro atoms. The summed E-state index contributed by atoms with van der Waals surface area (Å²) in [7, 11) is 0. The van der Waals surface area contributed by atoms with Crippen LogP contribution in [0.15, 0.2) is 0 Å². The Kier molecular flexibility index (Phi) is 4.90. The quantitative estimate of drug-likeness (QED) is 0.747. The van der Waals surface area contributed by atoms with Crippen molar-refractivity contribution < 1.29 is 0 Å². The van der Waals surface area contributed by atoms with Gasteiger partial charge >= 0.3 is 0 Å². The van der Waals surface area contributed by atoms with E-state index in [4.69, 9.17) is 0 Å². The Morgan fingerprint density at radius 3 is 2.14 bits per heavy atom. The third-order valence-corrected chi connectivity index (χ3v) is 3.02. The van der Waals surface area contributed by atoms with Crippen molar-refractivity contribution >= 4 is 0 Å². The molecule has 0 amide bonds. The Morgan fingerprint density at radius 1 is 1.21 bits per heavy atom. The van der Waals surface area contributed by atoms with Crippen LogP contribution >= 0.6 is 0 Å². The van der Waals surface area contributed by atoms with Crippen molar-refractivity contribution in [2.24, 2.45) is 5.92 Å². The van der Waals surface area contributed by atoms with Gasteiger partial charge in [0.1, 0.15) is 0 Å². The van der Waals surface area contributed by atoms with E-state index in [2.05, 4.69) is 24.1 Å². The first-order valence-corrected chi connectivity index (χ1v) is 6.22. The fourth-order valence-corrected chi connectivity index (χ4v) is 2.23. The van der Waals surface area contributed by atoms with E-state index in [1.165, 1.54) is 32.5 Å². The monoisotopic (exact) mass is 198 g/mol. The highest BCUT2D eigenvalue weighted by Crippen LogP contribution is 2.21. The van der Waals surface area contributed by atoms with E-state index in [1.54, 1.807) is 0 Å². The average Bonchev–Trinajstić information content (AvgIpc) is 2.17. The number of piperazine rings is 1. The number of piperidine rings is 1. The number of nitrogens with zero attached hydrogens (tertiary/aromatic N) is 1. The minimum atomic E-state index is 0.830. The van der Waals surface area contributed by atoms with Crippen LogP contribution in [0.4, 0.5) is 0 Å². The predicted octanol–water partition coefficient (Wildman–Crippen LogP) is 2.10. The Bertz CT molecular complexity index is 140. The number of nitrogens with one attached hydrogen (secondary N) is 1. The Balaban J connectivity index is 0.000000461. The predicted molar refractivity (Wildman–Crippen MR) is 62.6 cm³/mol. The maximum atomic E-state index is 3.56. The van der Waals surface area contributed by atoms with Gasteiger partial charge in [-0.05, 0) is 25.3 Å². The average molecular weight is 198 g/mol. The molecule has 2 unspecified atom stereocenters.